The number of amides is 3. The SMILES string of the molecule is NC1CCCC1N1C(=O)CNC1=O. The summed E-state index contributed by atoms with van der Waals surface area (Å²) < 4.78 is 0. The molecule has 5 nitrogen and oxygen atoms in total. The highest BCUT2D eigenvalue weighted by molar-refractivity contribution is 6.02. The Bertz CT molecular complexity index is 238. The lowest BCUT2D eigenvalue weighted by Gasteiger charge is -2.24. The van der Waals surface area contributed by atoms with Crippen molar-refractivity contribution in [2.24, 2.45) is 5.73 Å². The summed E-state index contributed by atoms with van der Waals surface area (Å²) in [5, 5.41) is 2.50. The van der Waals surface area contributed by atoms with Crippen LogP contribution in [0.2, 0.25) is 0 Å². The fourth-order valence-corrected chi connectivity index (χ4v) is 2.06. The van der Waals surface area contributed by atoms with Gasteiger partial charge in [0.25, 0.3) is 0 Å². The van der Waals surface area contributed by atoms with E-state index >= 15 is 0 Å². The molecule has 1 aliphatic heterocycles. The van der Waals surface area contributed by atoms with Crippen molar-refractivity contribution in [3.05, 3.63) is 0 Å². The van der Waals surface area contributed by atoms with Gasteiger partial charge in [-0.15, -0.1) is 0 Å². The molecule has 0 spiro atoms. The Morgan fingerprint density at radius 1 is 1.38 bits per heavy atom. The fraction of sp³-hybridized carbons (Fsp3) is 0.750. The first kappa shape index (κ1) is 8.50. The minimum Gasteiger partial charge on any atom is -0.329 e. The quantitative estimate of drug-likeness (QED) is 0.534. The molecule has 1 saturated heterocycles. The summed E-state index contributed by atoms with van der Waals surface area (Å²) in [6.07, 6.45) is 2.75. The van der Waals surface area contributed by atoms with E-state index in [0.29, 0.717) is 0 Å². The molecule has 13 heavy (non-hydrogen) atoms. The van der Waals surface area contributed by atoms with Crippen LogP contribution in [0.3, 0.4) is 0 Å². The smallest absolute Gasteiger partial charge is 0.324 e. The van der Waals surface area contributed by atoms with Crippen molar-refractivity contribution >= 4 is 11.9 Å². The van der Waals surface area contributed by atoms with E-state index in [9.17, 15) is 9.59 Å². The van der Waals surface area contributed by atoms with Gasteiger partial charge < -0.3 is 11.1 Å². The van der Waals surface area contributed by atoms with Gasteiger partial charge in [0.2, 0.25) is 5.91 Å². The van der Waals surface area contributed by atoms with Crippen LogP contribution in [-0.2, 0) is 4.79 Å². The molecule has 3 N–H and O–H groups in total. The van der Waals surface area contributed by atoms with Gasteiger partial charge in [0, 0.05) is 6.04 Å². The molecule has 0 radical (unpaired) electrons. The van der Waals surface area contributed by atoms with Crippen molar-refractivity contribution < 1.29 is 9.59 Å². The number of carbonyl (C=O) groups excluding carboxylic acids is 2. The van der Waals surface area contributed by atoms with Gasteiger partial charge in [0.1, 0.15) is 0 Å². The van der Waals surface area contributed by atoms with E-state index in [4.69, 9.17) is 5.73 Å². The number of nitrogens with two attached hydrogens (primary N) is 1. The molecule has 2 aliphatic rings. The molecule has 0 aromatic carbocycles. The molecule has 5 heteroatoms. The number of imide groups is 1. The molecule has 2 unspecified atom stereocenters. The number of hydrogen-bond donors (Lipinski definition) is 2. The molecule has 0 aromatic heterocycles. The molecular formula is C8H13N3O2. The van der Waals surface area contributed by atoms with Crippen LogP contribution < -0.4 is 11.1 Å². The molecule has 1 heterocycles. The second-order valence-corrected chi connectivity index (χ2v) is 3.58. The van der Waals surface area contributed by atoms with Gasteiger partial charge in [-0.3, -0.25) is 9.69 Å². The van der Waals surface area contributed by atoms with Gasteiger partial charge in [-0.1, -0.05) is 0 Å². The van der Waals surface area contributed by atoms with Crippen molar-refractivity contribution in [2.75, 3.05) is 6.54 Å². The van der Waals surface area contributed by atoms with E-state index in [0.717, 1.165) is 19.3 Å². The van der Waals surface area contributed by atoms with Crippen LogP contribution in [0.4, 0.5) is 4.79 Å². The topological polar surface area (TPSA) is 75.4 Å². The zero-order chi connectivity index (χ0) is 9.42. The van der Waals surface area contributed by atoms with Gasteiger partial charge in [-0.05, 0) is 19.3 Å². The number of rotatable bonds is 1. The van der Waals surface area contributed by atoms with Crippen molar-refractivity contribution in [1.29, 1.82) is 0 Å². The number of carbonyl (C=O) groups is 2. The highest BCUT2D eigenvalue weighted by Crippen LogP contribution is 2.24. The third-order valence-electron chi connectivity index (χ3n) is 2.74. The molecule has 3 amide bonds. The van der Waals surface area contributed by atoms with Crippen LogP contribution in [0.25, 0.3) is 0 Å². The lowest BCUT2D eigenvalue weighted by molar-refractivity contribution is -0.126. The average molecular weight is 183 g/mol. The van der Waals surface area contributed by atoms with E-state index in [1.165, 1.54) is 4.90 Å². The number of nitrogens with zero attached hydrogens (tertiary/aromatic N) is 1. The van der Waals surface area contributed by atoms with Crippen LogP contribution in [0.5, 0.6) is 0 Å². The lowest BCUT2D eigenvalue weighted by atomic mass is 10.1. The molecule has 1 aliphatic carbocycles. The number of urea groups is 1. The van der Waals surface area contributed by atoms with E-state index < -0.39 is 0 Å². The first-order chi connectivity index (χ1) is 6.20. The Kier molecular flexibility index (Phi) is 1.95. The summed E-state index contributed by atoms with van der Waals surface area (Å²) in [7, 11) is 0. The zero-order valence-electron chi connectivity index (χ0n) is 7.32. The van der Waals surface area contributed by atoms with Gasteiger partial charge in [-0.2, -0.15) is 0 Å². The molecule has 0 aromatic rings. The van der Waals surface area contributed by atoms with Crippen LogP contribution in [0.15, 0.2) is 0 Å². The van der Waals surface area contributed by atoms with Crippen LogP contribution in [0, 0.1) is 0 Å². The predicted octanol–water partition coefficient (Wildman–Crippen LogP) is -0.582. The Balaban J connectivity index is 2.14. The monoisotopic (exact) mass is 183 g/mol. The summed E-state index contributed by atoms with van der Waals surface area (Å²) in [6, 6.07) is -0.393. The van der Waals surface area contributed by atoms with Crippen LogP contribution in [0.1, 0.15) is 19.3 Å². The largest absolute Gasteiger partial charge is 0.329 e. The zero-order valence-corrected chi connectivity index (χ0v) is 7.32. The van der Waals surface area contributed by atoms with E-state index in [-0.39, 0.29) is 30.6 Å². The van der Waals surface area contributed by atoms with Gasteiger partial charge in [0.15, 0.2) is 0 Å². The Morgan fingerprint density at radius 3 is 2.62 bits per heavy atom. The van der Waals surface area contributed by atoms with Crippen LogP contribution >= 0.6 is 0 Å². The number of nitrogens with one attached hydrogen (secondary N) is 1. The van der Waals surface area contributed by atoms with Crippen molar-refractivity contribution in [1.82, 2.24) is 10.2 Å². The van der Waals surface area contributed by atoms with E-state index in [2.05, 4.69) is 5.32 Å². The summed E-state index contributed by atoms with van der Waals surface area (Å²) in [4.78, 5) is 23.8. The highest BCUT2D eigenvalue weighted by Gasteiger charge is 2.39. The van der Waals surface area contributed by atoms with Gasteiger partial charge in [0.05, 0.1) is 12.6 Å². The molecule has 0 bridgehead atoms. The standard InChI is InChI=1S/C8H13N3O2/c9-5-2-1-3-6(5)11-7(12)4-10-8(11)13/h5-6H,1-4,9H2,(H,10,13). The fourth-order valence-electron chi connectivity index (χ4n) is 2.06. The summed E-state index contributed by atoms with van der Waals surface area (Å²) in [5.41, 5.74) is 5.81. The van der Waals surface area contributed by atoms with E-state index in [1.807, 2.05) is 0 Å². The molecule has 72 valence electrons. The predicted molar refractivity (Wildman–Crippen MR) is 45.9 cm³/mol. The maximum Gasteiger partial charge on any atom is 0.324 e. The first-order valence-corrected chi connectivity index (χ1v) is 4.55. The summed E-state index contributed by atoms with van der Waals surface area (Å²) in [6.45, 7) is 0.127. The Hall–Kier alpha value is -1.10. The highest BCUT2D eigenvalue weighted by atomic mass is 16.2. The first-order valence-electron chi connectivity index (χ1n) is 4.55. The second kappa shape index (κ2) is 2.99. The average Bonchev–Trinajstić information content (AvgIpc) is 2.60. The maximum absolute atomic E-state index is 11.3. The lowest BCUT2D eigenvalue weighted by Crippen LogP contribution is -2.47. The van der Waals surface area contributed by atoms with Gasteiger partial charge >= 0.3 is 6.03 Å². The van der Waals surface area contributed by atoms with Crippen molar-refractivity contribution in [2.45, 2.75) is 31.3 Å². The van der Waals surface area contributed by atoms with Gasteiger partial charge in [-0.25, -0.2) is 4.79 Å². The third-order valence-corrected chi connectivity index (χ3v) is 2.74. The Labute approximate surface area is 76.3 Å². The Morgan fingerprint density at radius 2 is 2.15 bits per heavy atom. The number of hydrogen-bond acceptors (Lipinski definition) is 3. The molecular weight excluding hydrogens is 170 g/mol. The summed E-state index contributed by atoms with van der Waals surface area (Å²) in [5.74, 6) is -0.146. The molecule has 2 fully saturated rings. The minimum absolute atomic E-state index is 0.0344. The molecule has 1 saturated carbocycles. The van der Waals surface area contributed by atoms with E-state index in [1.54, 1.807) is 0 Å². The third kappa shape index (κ3) is 1.29. The molecule has 2 atom stereocenters. The van der Waals surface area contributed by atoms with Crippen molar-refractivity contribution in [3.63, 3.8) is 0 Å². The van der Waals surface area contributed by atoms with Crippen LogP contribution in [-0.4, -0.2) is 35.5 Å². The van der Waals surface area contributed by atoms with Crippen molar-refractivity contribution in [3.8, 4) is 0 Å². The second-order valence-electron chi connectivity index (χ2n) is 3.58. The summed E-state index contributed by atoms with van der Waals surface area (Å²) >= 11 is 0. The normalized spacial score (nSPS) is 34.1. The minimum atomic E-state index is -0.285. The molecule has 2 rings (SSSR count). The maximum atomic E-state index is 11.3.